The van der Waals surface area contributed by atoms with Gasteiger partial charge in [0.2, 0.25) is 0 Å². The molecular formula is C4H10O2Si2. The molecule has 8 heavy (non-hydrogen) atoms. The SMILES string of the molecule is CC(=O)[SiH2][SiH2]C(C)=O. The monoisotopic (exact) mass is 146 g/mol. The van der Waals surface area contributed by atoms with Crippen LogP contribution in [0.1, 0.15) is 13.8 Å². The molecule has 0 saturated heterocycles. The van der Waals surface area contributed by atoms with Gasteiger partial charge < -0.3 is 9.59 Å². The summed E-state index contributed by atoms with van der Waals surface area (Å²) >= 11 is 0. The first-order valence-electron chi connectivity index (χ1n) is 2.62. The summed E-state index contributed by atoms with van der Waals surface area (Å²) in [7, 11) is -1.10. The molecule has 0 atom stereocenters. The molecule has 0 aromatic heterocycles. The summed E-state index contributed by atoms with van der Waals surface area (Å²) in [6, 6.07) is 0. The molecule has 0 aromatic rings. The third-order valence-electron chi connectivity index (χ3n) is 0.829. The van der Waals surface area contributed by atoms with Gasteiger partial charge in [-0.15, -0.1) is 0 Å². The van der Waals surface area contributed by atoms with Crippen molar-refractivity contribution in [3.05, 3.63) is 0 Å². The summed E-state index contributed by atoms with van der Waals surface area (Å²) in [6.07, 6.45) is 0. The summed E-state index contributed by atoms with van der Waals surface area (Å²) < 4.78 is 0. The Bertz CT molecular complexity index is 96.6. The van der Waals surface area contributed by atoms with Crippen LogP contribution in [0.15, 0.2) is 0 Å². The molecule has 0 unspecified atom stereocenters. The van der Waals surface area contributed by atoms with Crippen molar-refractivity contribution in [1.82, 2.24) is 0 Å². The zero-order valence-electron chi connectivity index (χ0n) is 5.23. The van der Waals surface area contributed by atoms with E-state index in [1.54, 1.807) is 13.8 Å². The third-order valence-corrected chi connectivity index (χ3v) is 7.46. The molecule has 0 aromatic carbocycles. The largest absolute Gasteiger partial charge is 0.307 e. The molecule has 0 saturated carbocycles. The lowest BCUT2D eigenvalue weighted by Gasteiger charge is -1.84. The van der Waals surface area contributed by atoms with E-state index in [2.05, 4.69) is 0 Å². The molecule has 2 nitrogen and oxygen atoms in total. The molecule has 4 heteroatoms. The van der Waals surface area contributed by atoms with Gasteiger partial charge in [-0.05, 0) is 13.8 Å². The fourth-order valence-electron chi connectivity index (χ4n) is 0.352. The summed E-state index contributed by atoms with van der Waals surface area (Å²) in [5.41, 5.74) is 0. The van der Waals surface area contributed by atoms with Gasteiger partial charge in [0, 0.05) is 0 Å². The van der Waals surface area contributed by atoms with Gasteiger partial charge in [-0.1, -0.05) is 0 Å². The Morgan fingerprint density at radius 3 is 1.38 bits per heavy atom. The lowest BCUT2D eigenvalue weighted by atomic mass is 10.9. The maximum absolute atomic E-state index is 10.3. The molecule has 0 fully saturated rings. The summed E-state index contributed by atoms with van der Waals surface area (Å²) in [6.45, 7) is 3.17. The molecule has 0 aliphatic heterocycles. The quantitative estimate of drug-likeness (QED) is 0.446. The van der Waals surface area contributed by atoms with E-state index in [9.17, 15) is 9.59 Å². The maximum Gasteiger partial charge on any atom is 0.0984 e. The Hall–Kier alpha value is -0.226. The Labute approximate surface area is 53.1 Å². The predicted molar refractivity (Wildman–Crippen MR) is 38.5 cm³/mol. The topological polar surface area (TPSA) is 34.1 Å². The van der Waals surface area contributed by atoms with Gasteiger partial charge in [0.25, 0.3) is 0 Å². The molecule has 0 aliphatic rings. The van der Waals surface area contributed by atoms with Crippen LogP contribution in [-0.2, 0) is 9.59 Å². The van der Waals surface area contributed by atoms with Crippen LogP contribution in [0.5, 0.6) is 0 Å². The fraction of sp³-hybridized carbons (Fsp3) is 0.500. The minimum absolute atomic E-state index is 0.284. The second-order valence-electron chi connectivity index (χ2n) is 1.90. The second-order valence-corrected chi connectivity index (χ2v) is 7.90. The van der Waals surface area contributed by atoms with Gasteiger partial charge in [-0.3, -0.25) is 0 Å². The van der Waals surface area contributed by atoms with Gasteiger partial charge in [0.15, 0.2) is 0 Å². The third kappa shape index (κ3) is 5.77. The molecule has 0 aliphatic carbocycles. The summed E-state index contributed by atoms with van der Waals surface area (Å²) in [5.74, 6) is 0. The Morgan fingerprint density at radius 1 is 1.00 bits per heavy atom. The van der Waals surface area contributed by atoms with Gasteiger partial charge in [0.05, 0.1) is 28.9 Å². The van der Waals surface area contributed by atoms with Crippen molar-refractivity contribution in [3.63, 3.8) is 0 Å². The van der Waals surface area contributed by atoms with E-state index < -0.39 is 18.1 Å². The minimum Gasteiger partial charge on any atom is -0.307 e. The standard InChI is InChI=1S/C4H10O2Si2/c1-3(5)7-8-4(2)6/h7-8H2,1-2H3. The number of carbonyl (C=O) groups is 2. The molecule has 46 valence electrons. The van der Waals surface area contributed by atoms with Crippen LogP contribution in [-0.4, -0.2) is 28.9 Å². The van der Waals surface area contributed by atoms with Crippen molar-refractivity contribution in [1.29, 1.82) is 0 Å². The Kier molecular flexibility index (Phi) is 3.63. The van der Waals surface area contributed by atoms with Crippen LogP contribution in [0.2, 0.25) is 0 Å². The van der Waals surface area contributed by atoms with E-state index in [-0.39, 0.29) is 10.8 Å². The van der Waals surface area contributed by atoms with Crippen LogP contribution >= 0.6 is 0 Å². The first-order chi connectivity index (χ1) is 3.63. The molecule has 0 amide bonds. The fourth-order valence-corrected chi connectivity index (χ4v) is 3.17. The number of rotatable bonds is 3. The summed E-state index contributed by atoms with van der Waals surface area (Å²) in [5, 5.41) is 0.568. The van der Waals surface area contributed by atoms with Crippen molar-refractivity contribution in [2.45, 2.75) is 13.8 Å². The van der Waals surface area contributed by atoms with Crippen molar-refractivity contribution >= 4 is 28.9 Å². The molecule has 0 heterocycles. The van der Waals surface area contributed by atoms with Crippen molar-refractivity contribution in [2.24, 2.45) is 0 Å². The molecular weight excluding hydrogens is 136 g/mol. The van der Waals surface area contributed by atoms with Crippen molar-refractivity contribution < 1.29 is 9.59 Å². The highest BCUT2D eigenvalue weighted by Gasteiger charge is 1.97. The Morgan fingerprint density at radius 2 is 1.25 bits per heavy atom. The molecule has 0 bridgehead atoms. The van der Waals surface area contributed by atoms with Crippen LogP contribution in [0.3, 0.4) is 0 Å². The average Bonchev–Trinajstić information content (AvgIpc) is 1.61. The second kappa shape index (κ2) is 3.74. The van der Waals surface area contributed by atoms with Crippen molar-refractivity contribution in [3.8, 4) is 0 Å². The van der Waals surface area contributed by atoms with E-state index in [1.807, 2.05) is 0 Å². The first kappa shape index (κ1) is 7.77. The van der Waals surface area contributed by atoms with Gasteiger partial charge >= 0.3 is 0 Å². The van der Waals surface area contributed by atoms with Gasteiger partial charge in [-0.2, -0.15) is 0 Å². The highest BCUT2D eigenvalue weighted by Crippen LogP contribution is 1.65. The zero-order valence-corrected chi connectivity index (χ0v) is 8.06. The van der Waals surface area contributed by atoms with Gasteiger partial charge in [-0.25, -0.2) is 0 Å². The van der Waals surface area contributed by atoms with Crippen molar-refractivity contribution in [2.75, 3.05) is 0 Å². The smallest absolute Gasteiger partial charge is 0.0984 e. The molecule has 0 N–H and O–H groups in total. The zero-order chi connectivity index (χ0) is 6.57. The molecule has 0 radical (unpaired) electrons. The van der Waals surface area contributed by atoms with Crippen LogP contribution in [0.25, 0.3) is 0 Å². The molecule has 0 spiro atoms. The van der Waals surface area contributed by atoms with E-state index >= 15 is 0 Å². The van der Waals surface area contributed by atoms with Crippen LogP contribution in [0, 0.1) is 0 Å². The van der Waals surface area contributed by atoms with E-state index in [4.69, 9.17) is 0 Å². The van der Waals surface area contributed by atoms with Crippen LogP contribution in [0.4, 0.5) is 0 Å². The number of hydrogen-bond donors (Lipinski definition) is 0. The Balaban J connectivity index is 3.18. The minimum atomic E-state index is -0.551. The summed E-state index contributed by atoms with van der Waals surface area (Å²) in [4.78, 5) is 20.6. The number of hydrogen-bond acceptors (Lipinski definition) is 2. The molecule has 0 rings (SSSR count). The highest BCUT2D eigenvalue weighted by atomic mass is 29.1. The average molecular weight is 146 g/mol. The van der Waals surface area contributed by atoms with Crippen LogP contribution < -0.4 is 0 Å². The number of carbonyl (C=O) groups excluding carboxylic acids is 2. The first-order valence-corrected chi connectivity index (χ1v) is 8.03. The lowest BCUT2D eigenvalue weighted by molar-refractivity contribution is -0.111. The highest BCUT2D eigenvalue weighted by molar-refractivity contribution is 7.26. The van der Waals surface area contributed by atoms with E-state index in [0.717, 1.165) is 0 Å². The maximum atomic E-state index is 10.3. The predicted octanol–water partition coefficient (Wildman–Crippen LogP) is -1.67. The normalized spacial score (nSPS) is 11.8. The van der Waals surface area contributed by atoms with E-state index in [0.29, 0.717) is 0 Å². The van der Waals surface area contributed by atoms with E-state index in [1.165, 1.54) is 0 Å². The van der Waals surface area contributed by atoms with Gasteiger partial charge in [0.1, 0.15) is 0 Å². The lowest BCUT2D eigenvalue weighted by Crippen LogP contribution is -2.19.